The number of hydrogen-bond donors (Lipinski definition) is 2. The van der Waals surface area contributed by atoms with Crippen molar-refractivity contribution in [2.45, 2.75) is 39.7 Å². The van der Waals surface area contributed by atoms with Crippen LogP contribution in [0.2, 0.25) is 0 Å². The molecule has 0 aliphatic rings. The standard InChI is InChI=1S/C18H22BrN5O5/c1-3-5-9-23-15(20)14(16(25)21-18(23)27)22(8-4-2)17(26)11-6-7-12(19)13(10-11)24(28)29/h6-7,10H,3-5,8-9,20H2,1-2H3,(H,21,25,27). The number of anilines is 2. The molecule has 0 radical (unpaired) electrons. The Morgan fingerprint density at radius 3 is 2.59 bits per heavy atom. The molecule has 0 saturated carbocycles. The first-order valence-corrected chi connectivity index (χ1v) is 9.90. The van der Waals surface area contributed by atoms with Gasteiger partial charge in [0.05, 0.1) is 9.40 Å². The summed E-state index contributed by atoms with van der Waals surface area (Å²) in [6, 6.07) is 3.94. The highest BCUT2D eigenvalue weighted by atomic mass is 79.9. The Morgan fingerprint density at radius 1 is 1.31 bits per heavy atom. The van der Waals surface area contributed by atoms with E-state index in [1.54, 1.807) is 0 Å². The summed E-state index contributed by atoms with van der Waals surface area (Å²) in [5.41, 5.74) is 4.29. The number of benzene rings is 1. The first-order valence-electron chi connectivity index (χ1n) is 9.11. The van der Waals surface area contributed by atoms with Crippen LogP contribution in [0.25, 0.3) is 0 Å². The Labute approximate surface area is 174 Å². The predicted octanol–water partition coefficient (Wildman–Crippen LogP) is 2.65. The molecule has 10 nitrogen and oxygen atoms in total. The number of nitrogen functional groups attached to an aromatic ring is 1. The van der Waals surface area contributed by atoms with Crippen molar-refractivity contribution in [2.75, 3.05) is 17.2 Å². The largest absolute Gasteiger partial charge is 0.383 e. The lowest BCUT2D eigenvalue weighted by molar-refractivity contribution is -0.385. The van der Waals surface area contributed by atoms with Gasteiger partial charge in [-0.05, 0) is 40.9 Å². The van der Waals surface area contributed by atoms with Crippen molar-refractivity contribution < 1.29 is 9.72 Å². The summed E-state index contributed by atoms with van der Waals surface area (Å²) < 4.78 is 1.45. The van der Waals surface area contributed by atoms with Crippen LogP contribution in [0.5, 0.6) is 0 Å². The maximum absolute atomic E-state index is 13.1. The summed E-state index contributed by atoms with van der Waals surface area (Å²) in [7, 11) is 0. The molecule has 1 amide bonds. The normalized spacial score (nSPS) is 10.7. The number of carbonyl (C=O) groups excluding carboxylic acids is 1. The number of unbranched alkanes of at least 4 members (excludes halogenated alkanes) is 1. The fourth-order valence-corrected chi connectivity index (χ4v) is 3.25. The SMILES string of the molecule is CCCCn1c(N)c(N(CCC)C(=O)c2ccc(Br)c([N+](=O)[O-])c2)c(=O)[nH]c1=O. The molecule has 0 unspecified atom stereocenters. The number of H-pyrrole nitrogens is 1. The third-order valence-electron chi connectivity index (χ3n) is 4.30. The molecule has 1 aromatic heterocycles. The number of amides is 1. The molecule has 0 fully saturated rings. The lowest BCUT2D eigenvalue weighted by Gasteiger charge is -2.24. The van der Waals surface area contributed by atoms with Gasteiger partial charge in [-0.3, -0.25) is 29.3 Å². The maximum atomic E-state index is 13.1. The number of nitrogens with one attached hydrogen (secondary N) is 1. The van der Waals surface area contributed by atoms with Gasteiger partial charge in [-0.25, -0.2) is 4.79 Å². The Kier molecular flexibility index (Phi) is 7.32. The van der Waals surface area contributed by atoms with Crippen molar-refractivity contribution in [3.63, 3.8) is 0 Å². The number of hydrogen-bond acceptors (Lipinski definition) is 6. The Balaban J connectivity index is 2.61. The average Bonchev–Trinajstić information content (AvgIpc) is 2.66. The minimum Gasteiger partial charge on any atom is -0.383 e. The van der Waals surface area contributed by atoms with Crippen LogP contribution < -0.4 is 21.9 Å². The van der Waals surface area contributed by atoms with Crippen molar-refractivity contribution >= 4 is 39.0 Å². The van der Waals surface area contributed by atoms with Gasteiger partial charge in [-0.15, -0.1) is 0 Å². The van der Waals surface area contributed by atoms with Gasteiger partial charge in [0.1, 0.15) is 5.82 Å². The summed E-state index contributed by atoms with van der Waals surface area (Å²) in [6.07, 6.45) is 1.97. The summed E-state index contributed by atoms with van der Waals surface area (Å²) in [5, 5.41) is 11.2. The van der Waals surface area contributed by atoms with Crippen molar-refractivity contribution in [3.05, 3.63) is 59.2 Å². The van der Waals surface area contributed by atoms with Crippen LogP contribution in [0.3, 0.4) is 0 Å². The fraction of sp³-hybridized carbons (Fsp3) is 0.389. The molecule has 2 rings (SSSR count). The van der Waals surface area contributed by atoms with Crippen LogP contribution in [0.4, 0.5) is 17.2 Å². The zero-order valence-electron chi connectivity index (χ0n) is 16.1. The van der Waals surface area contributed by atoms with E-state index < -0.39 is 22.1 Å². The molecule has 0 atom stereocenters. The van der Waals surface area contributed by atoms with E-state index in [1.807, 2.05) is 13.8 Å². The van der Waals surface area contributed by atoms with Crippen molar-refractivity contribution in [1.82, 2.24) is 9.55 Å². The van der Waals surface area contributed by atoms with Crippen LogP contribution in [0.1, 0.15) is 43.5 Å². The average molecular weight is 468 g/mol. The molecule has 11 heteroatoms. The van der Waals surface area contributed by atoms with Gasteiger partial charge in [0.15, 0.2) is 5.69 Å². The lowest BCUT2D eigenvalue weighted by Crippen LogP contribution is -2.41. The number of nitro groups is 1. The monoisotopic (exact) mass is 467 g/mol. The van der Waals surface area contributed by atoms with Crippen LogP contribution in [-0.2, 0) is 6.54 Å². The number of nitrogens with two attached hydrogens (primary N) is 1. The highest BCUT2D eigenvalue weighted by molar-refractivity contribution is 9.10. The maximum Gasteiger partial charge on any atom is 0.330 e. The van der Waals surface area contributed by atoms with E-state index in [9.17, 15) is 24.5 Å². The number of nitro benzene ring substituents is 1. The molecule has 1 aromatic carbocycles. The van der Waals surface area contributed by atoms with E-state index in [-0.39, 0.29) is 33.8 Å². The van der Waals surface area contributed by atoms with Gasteiger partial charge < -0.3 is 10.6 Å². The first-order chi connectivity index (χ1) is 13.7. The van der Waals surface area contributed by atoms with Gasteiger partial charge in [0, 0.05) is 24.7 Å². The molecule has 0 bridgehead atoms. The third kappa shape index (κ3) is 4.73. The summed E-state index contributed by atoms with van der Waals surface area (Å²) in [4.78, 5) is 51.7. The van der Waals surface area contributed by atoms with E-state index >= 15 is 0 Å². The molecule has 0 spiro atoms. The van der Waals surface area contributed by atoms with Crippen LogP contribution >= 0.6 is 15.9 Å². The fourth-order valence-electron chi connectivity index (χ4n) is 2.86. The molecule has 1 heterocycles. The molecule has 0 aliphatic heterocycles. The third-order valence-corrected chi connectivity index (χ3v) is 4.97. The molecular formula is C18H22BrN5O5. The molecule has 29 heavy (non-hydrogen) atoms. The van der Waals surface area contributed by atoms with E-state index in [0.717, 1.165) is 17.4 Å². The Hall–Kier alpha value is -2.95. The number of aromatic nitrogens is 2. The smallest absolute Gasteiger partial charge is 0.330 e. The molecular weight excluding hydrogens is 446 g/mol. The summed E-state index contributed by atoms with van der Waals surface area (Å²) in [6.45, 7) is 4.19. The van der Waals surface area contributed by atoms with Crippen molar-refractivity contribution in [2.24, 2.45) is 0 Å². The van der Waals surface area contributed by atoms with Gasteiger partial charge >= 0.3 is 5.69 Å². The zero-order chi connectivity index (χ0) is 21.7. The van der Waals surface area contributed by atoms with Gasteiger partial charge in [0.2, 0.25) is 0 Å². The highest BCUT2D eigenvalue weighted by Crippen LogP contribution is 2.27. The lowest BCUT2D eigenvalue weighted by atomic mass is 10.1. The van der Waals surface area contributed by atoms with Crippen molar-refractivity contribution in [3.8, 4) is 0 Å². The predicted molar refractivity (Wildman–Crippen MR) is 113 cm³/mol. The minimum absolute atomic E-state index is 0.0264. The van der Waals surface area contributed by atoms with Crippen molar-refractivity contribution in [1.29, 1.82) is 0 Å². The molecule has 0 aliphatic carbocycles. The van der Waals surface area contributed by atoms with Crippen LogP contribution in [-0.4, -0.2) is 26.9 Å². The van der Waals surface area contributed by atoms with E-state index in [4.69, 9.17) is 5.73 Å². The Bertz CT molecular complexity index is 1050. The molecule has 156 valence electrons. The number of aromatic amines is 1. The number of rotatable bonds is 8. The quantitative estimate of drug-likeness (QED) is 0.450. The molecule has 0 saturated heterocycles. The van der Waals surface area contributed by atoms with E-state index in [2.05, 4.69) is 20.9 Å². The van der Waals surface area contributed by atoms with E-state index in [1.165, 1.54) is 16.7 Å². The summed E-state index contributed by atoms with van der Waals surface area (Å²) in [5.74, 6) is -0.735. The molecule has 2 aromatic rings. The first kappa shape index (κ1) is 22.3. The summed E-state index contributed by atoms with van der Waals surface area (Å²) >= 11 is 3.08. The van der Waals surface area contributed by atoms with Crippen LogP contribution in [0, 0.1) is 10.1 Å². The van der Waals surface area contributed by atoms with E-state index in [0.29, 0.717) is 19.4 Å². The minimum atomic E-state index is -0.784. The van der Waals surface area contributed by atoms with Gasteiger partial charge in [-0.2, -0.15) is 0 Å². The number of carbonyl (C=O) groups is 1. The Morgan fingerprint density at radius 2 is 2.00 bits per heavy atom. The topological polar surface area (TPSA) is 144 Å². The van der Waals surface area contributed by atoms with Gasteiger partial charge in [0.25, 0.3) is 17.2 Å². The van der Waals surface area contributed by atoms with Gasteiger partial charge in [-0.1, -0.05) is 20.3 Å². The van der Waals surface area contributed by atoms with Crippen LogP contribution in [0.15, 0.2) is 32.3 Å². The second-order valence-electron chi connectivity index (χ2n) is 6.38. The zero-order valence-corrected chi connectivity index (χ0v) is 17.7. The second-order valence-corrected chi connectivity index (χ2v) is 7.23. The second kappa shape index (κ2) is 9.50. The number of nitrogens with zero attached hydrogens (tertiary/aromatic N) is 3. The highest BCUT2D eigenvalue weighted by Gasteiger charge is 2.26. The number of halogens is 1. The molecule has 3 N–H and O–H groups in total.